The Hall–Kier alpha value is 0.430. The van der Waals surface area contributed by atoms with Crippen LogP contribution in [-0.4, -0.2) is 5.11 Å². The standard InChI is InChI=1S/C10H14BrClOS/c1-6(2)3-4-8(13)9-5-7(12)10(11)14-9/h5-6,8,13H,3-4H2,1-2H3. The summed E-state index contributed by atoms with van der Waals surface area (Å²) in [6, 6.07) is 1.83. The fourth-order valence-corrected chi connectivity index (χ4v) is 2.93. The average molecular weight is 298 g/mol. The van der Waals surface area contributed by atoms with Gasteiger partial charge >= 0.3 is 0 Å². The van der Waals surface area contributed by atoms with Crippen molar-refractivity contribution in [2.24, 2.45) is 5.92 Å². The topological polar surface area (TPSA) is 20.2 Å². The van der Waals surface area contributed by atoms with Crippen molar-refractivity contribution < 1.29 is 5.11 Å². The molecule has 80 valence electrons. The molecule has 1 rings (SSSR count). The first-order valence-electron chi connectivity index (χ1n) is 4.63. The Labute approximate surface area is 102 Å². The summed E-state index contributed by atoms with van der Waals surface area (Å²) in [7, 11) is 0. The maximum atomic E-state index is 9.84. The van der Waals surface area contributed by atoms with Crippen molar-refractivity contribution in [1.29, 1.82) is 0 Å². The van der Waals surface area contributed by atoms with Crippen LogP contribution < -0.4 is 0 Å². The maximum absolute atomic E-state index is 9.84. The van der Waals surface area contributed by atoms with E-state index in [0.717, 1.165) is 21.5 Å². The van der Waals surface area contributed by atoms with Crippen LogP contribution in [0.2, 0.25) is 5.02 Å². The predicted molar refractivity (Wildman–Crippen MR) is 66.1 cm³/mol. The molecule has 0 fully saturated rings. The molecule has 0 spiro atoms. The second-order valence-corrected chi connectivity index (χ2v) is 6.57. The summed E-state index contributed by atoms with van der Waals surface area (Å²) in [5.41, 5.74) is 0. The number of aliphatic hydroxyl groups is 1. The Balaban J connectivity index is 2.56. The molecule has 1 heterocycles. The van der Waals surface area contributed by atoms with Gasteiger partial charge in [0.2, 0.25) is 0 Å². The molecule has 0 bridgehead atoms. The summed E-state index contributed by atoms with van der Waals surface area (Å²) < 4.78 is 0.901. The Morgan fingerprint density at radius 3 is 2.57 bits per heavy atom. The van der Waals surface area contributed by atoms with Crippen LogP contribution in [0.25, 0.3) is 0 Å². The lowest BCUT2D eigenvalue weighted by Crippen LogP contribution is -1.97. The summed E-state index contributed by atoms with van der Waals surface area (Å²) in [5.74, 6) is 0.628. The molecule has 1 aromatic heterocycles. The van der Waals surface area contributed by atoms with Gasteiger partial charge in [-0.1, -0.05) is 25.4 Å². The smallest absolute Gasteiger partial charge is 0.0888 e. The van der Waals surface area contributed by atoms with Crippen molar-refractivity contribution >= 4 is 38.9 Å². The molecular weight excluding hydrogens is 284 g/mol. The minimum Gasteiger partial charge on any atom is -0.388 e. The van der Waals surface area contributed by atoms with Crippen LogP contribution in [0.4, 0.5) is 0 Å². The molecule has 1 unspecified atom stereocenters. The second kappa shape index (κ2) is 5.50. The van der Waals surface area contributed by atoms with Gasteiger partial charge in [0.25, 0.3) is 0 Å². The quantitative estimate of drug-likeness (QED) is 0.859. The molecule has 4 heteroatoms. The van der Waals surface area contributed by atoms with E-state index in [0.29, 0.717) is 10.9 Å². The van der Waals surface area contributed by atoms with Crippen LogP contribution >= 0.6 is 38.9 Å². The zero-order chi connectivity index (χ0) is 10.7. The van der Waals surface area contributed by atoms with Gasteiger partial charge in [0.05, 0.1) is 14.9 Å². The van der Waals surface area contributed by atoms with Gasteiger partial charge in [0.1, 0.15) is 0 Å². The van der Waals surface area contributed by atoms with Crippen LogP contribution in [0.1, 0.15) is 37.7 Å². The second-order valence-electron chi connectivity index (χ2n) is 3.76. The highest BCUT2D eigenvalue weighted by atomic mass is 79.9. The van der Waals surface area contributed by atoms with Crippen LogP contribution in [0, 0.1) is 5.92 Å². The lowest BCUT2D eigenvalue weighted by atomic mass is 10.0. The first kappa shape index (κ1) is 12.5. The molecular formula is C10H14BrClOS. The highest BCUT2D eigenvalue weighted by molar-refractivity contribution is 9.11. The van der Waals surface area contributed by atoms with Crippen molar-refractivity contribution in [1.82, 2.24) is 0 Å². The predicted octanol–water partition coefficient (Wildman–Crippen LogP) is 4.63. The number of halogens is 2. The lowest BCUT2D eigenvalue weighted by Gasteiger charge is -2.09. The Bertz CT molecular complexity index is 279. The molecule has 0 radical (unpaired) electrons. The summed E-state index contributed by atoms with van der Waals surface area (Å²) in [4.78, 5) is 0.947. The number of rotatable bonds is 4. The van der Waals surface area contributed by atoms with E-state index in [1.165, 1.54) is 11.3 Å². The molecule has 14 heavy (non-hydrogen) atoms. The van der Waals surface area contributed by atoms with E-state index >= 15 is 0 Å². The third-order valence-corrected chi connectivity index (χ3v) is 4.59. The molecule has 0 aromatic carbocycles. The molecule has 0 saturated heterocycles. The van der Waals surface area contributed by atoms with Gasteiger partial charge < -0.3 is 5.11 Å². The van der Waals surface area contributed by atoms with Crippen molar-refractivity contribution in [2.75, 3.05) is 0 Å². The van der Waals surface area contributed by atoms with Gasteiger partial charge in [0, 0.05) is 4.88 Å². The van der Waals surface area contributed by atoms with Crippen LogP contribution in [0.15, 0.2) is 9.85 Å². The van der Waals surface area contributed by atoms with Gasteiger partial charge in [-0.05, 0) is 40.8 Å². The molecule has 0 amide bonds. The van der Waals surface area contributed by atoms with Gasteiger partial charge in [-0.3, -0.25) is 0 Å². The highest BCUT2D eigenvalue weighted by Gasteiger charge is 2.13. The first-order valence-corrected chi connectivity index (χ1v) is 6.62. The minimum atomic E-state index is -0.369. The average Bonchev–Trinajstić information content (AvgIpc) is 2.43. The Morgan fingerprint density at radius 1 is 1.50 bits per heavy atom. The van der Waals surface area contributed by atoms with Gasteiger partial charge in [-0.2, -0.15) is 0 Å². The van der Waals surface area contributed by atoms with E-state index in [9.17, 15) is 5.11 Å². The third kappa shape index (κ3) is 3.54. The summed E-state index contributed by atoms with van der Waals surface area (Å²) >= 11 is 10.7. The summed E-state index contributed by atoms with van der Waals surface area (Å²) in [5, 5.41) is 10.5. The van der Waals surface area contributed by atoms with E-state index in [-0.39, 0.29) is 6.10 Å². The van der Waals surface area contributed by atoms with Crippen molar-refractivity contribution in [3.63, 3.8) is 0 Å². The Morgan fingerprint density at radius 2 is 2.14 bits per heavy atom. The monoisotopic (exact) mass is 296 g/mol. The van der Waals surface area contributed by atoms with E-state index in [1.807, 2.05) is 6.07 Å². The van der Waals surface area contributed by atoms with Crippen molar-refractivity contribution in [3.05, 3.63) is 19.8 Å². The van der Waals surface area contributed by atoms with Gasteiger partial charge in [-0.25, -0.2) is 0 Å². The molecule has 1 N–H and O–H groups in total. The van der Waals surface area contributed by atoms with Crippen LogP contribution in [0.3, 0.4) is 0 Å². The largest absolute Gasteiger partial charge is 0.388 e. The zero-order valence-corrected chi connectivity index (χ0v) is 11.4. The SMILES string of the molecule is CC(C)CCC(O)c1cc(Cl)c(Br)s1. The van der Waals surface area contributed by atoms with E-state index < -0.39 is 0 Å². The van der Waals surface area contributed by atoms with E-state index in [2.05, 4.69) is 29.8 Å². The molecule has 0 aliphatic heterocycles. The highest BCUT2D eigenvalue weighted by Crippen LogP contribution is 2.36. The molecule has 1 atom stereocenters. The lowest BCUT2D eigenvalue weighted by molar-refractivity contribution is 0.163. The third-order valence-electron chi connectivity index (χ3n) is 2.01. The molecule has 0 aliphatic rings. The van der Waals surface area contributed by atoms with E-state index in [1.54, 1.807) is 0 Å². The number of hydrogen-bond acceptors (Lipinski definition) is 2. The van der Waals surface area contributed by atoms with Crippen molar-refractivity contribution in [2.45, 2.75) is 32.8 Å². The number of hydrogen-bond donors (Lipinski definition) is 1. The van der Waals surface area contributed by atoms with Gasteiger partial charge in [-0.15, -0.1) is 11.3 Å². The molecule has 0 aliphatic carbocycles. The fraction of sp³-hybridized carbons (Fsp3) is 0.600. The number of aliphatic hydroxyl groups excluding tert-OH is 1. The van der Waals surface area contributed by atoms with Crippen LogP contribution in [-0.2, 0) is 0 Å². The molecule has 1 aromatic rings. The summed E-state index contributed by atoms with van der Waals surface area (Å²) in [6.45, 7) is 4.31. The number of thiophene rings is 1. The zero-order valence-electron chi connectivity index (χ0n) is 8.26. The van der Waals surface area contributed by atoms with E-state index in [4.69, 9.17) is 11.6 Å². The van der Waals surface area contributed by atoms with Gasteiger partial charge in [0.15, 0.2) is 0 Å². The van der Waals surface area contributed by atoms with Crippen LogP contribution in [0.5, 0.6) is 0 Å². The minimum absolute atomic E-state index is 0.369. The van der Waals surface area contributed by atoms with Crippen molar-refractivity contribution in [3.8, 4) is 0 Å². The Kier molecular flexibility index (Phi) is 4.91. The fourth-order valence-electron chi connectivity index (χ4n) is 1.16. The molecule has 1 nitrogen and oxygen atoms in total. The normalized spacial score (nSPS) is 13.6. The first-order chi connectivity index (χ1) is 6.50. The maximum Gasteiger partial charge on any atom is 0.0888 e. The molecule has 0 saturated carbocycles. The summed E-state index contributed by atoms with van der Waals surface area (Å²) in [6.07, 6.45) is 1.47.